The van der Waals surface area contributed by atoms with Crippen LogP contribution < -0.4 is 5.32 Å². The predicted octanol–water partition coefficient (Wildman–Crippen LogP) is 3.81. The molecule has 2 heterocycles. The van der Waals surface area contributed by atoms with Gasteiger partial charge in [0.15, 0.2) is 5.17 Å². The third-order valence-corrected chi connectivity index (χ3v) is 4.75. The maximum Gasteiger partial charge on any atom is 0.264 e. The number of halogens is 1. The Morgan fingerprint density at radius 1 is 1.33 bits per heavy atom. The number of nitrogens with one attached hydrogen (secondary N) is 1. The quantitative estimate of drug-likeness (QED) is 0.862. The number of carbonyl (C=O) groups excluding carboxylic acids is 1. The largest absolute Gasteiger partial charge is 0.315 e. The molecule has 1 aromatic heterocycles. The molecule has 0 aliphatic carbocycles. The fourth-order valence-electron chi connectivity index (χ4n) is 2.72. The first-order valence-electron chi connectivity index (χ1n) is 7.70. The molecule has 0 unspecified atom stereocenters. The minimum Gasteiger partial charge on any atom is -0.315 e. The summed E-state index contributed by atoms with van der Waals surface area (Å²) >= 11 is 1.33. The zero-order valence-corrected chi connectivity index (χ0v) is 14.6. The monoisotopic (exact) mass is 343 g/mol. The zero-order chi connectivity index (χ0) is 17.3. The van der Waals surface area contributed by atoms with Crippen LogP contribution in [0.5, 0.6) is 0 Å². The molecular weight excluding hydrogens is 325 g/mol. The highest BCUT2D eigenvalue weighted by Crippen LogP contribution is 2.29. The lowest BCUT2D eigenvalue weighted by Crippen LogP contribution is -2.19. The number of amidine groups is 1. The maximum absolute atomic E-state index is 14.1. The molecule has 4 nitrogen and oxygen atoms in total. The highest BCUT2D eigenvalue weighted by atomic mass is 32.2. The van der Waals surface area contributed by atoms with Crippen LogP contribution in [0.15, 0.2) is 40.2 Å². The SMILES string of the molecule is CCN=C1NC(=O)/C(=C/c2cc(C)n(-c3ccccc3F)c2C)S1. The van der Waals surface area contributed by atoms with Crippen molar-refractivity contribution >= 4 is 28.9 Å². The van der Waals surface area contributed by atoms with Gasteiger partial charge in [-0.2, -0.15) is 0 Å². The van der Waals surface area contributed by atoms with E-state index in [0.29, 0.717) is 22.3 Å². The van der Waals surface area contributed by atoms with Gasteiger partial charge in [-0.05, 0) is 62.4 Å². The van der Waals surface area contributed by atoms with Crippen molar-refractivity contribution in [2.75, 3.05) is 6.54 Å². The molecule has 1 N–H and O–H groups in total. The van der Waals surface area contributed by atoms with Gasteiger partial charge in [-0.25, -0.2) is 4.39 Å². The van der Waals surface area contributed by atoms with Crippen LogP contribution in [0.2, 0.25) is 0 Å². The standard InChI is InChI=1S/C18H18FN3OS/c1-4-20-18-21-17(23)16(24-18)10-13-9-11(2)22(12(13)3)15-8-6-5-7-14(15)19/h5-10H,4H2,1-3H3,(H,20,21,23)/b16-10-. The average Bonchev–Trinajstić information content (AvgIpc) is 3.01. The zero-order valence-electron chi connectivity index (χ0n) is 13.8. The Kier molecular flexibility index (Phi) is 4.57. The molecular formula is C18H18FN3OS. The molecule has 1 fully saturated rings. The second kappa shape index (κ2) is 6.65. The van der Waals surface area contributed by atoms with Crippen LogP contribution in [0.1, 0.15) is 23.9 Å². The fraction of sp³-hybridized carbons (Fsp3) is 0.222. The number of thioether (sulfide) groups is 1. The van der Waals surface area contributed by atoms with Gasteiger partial charge in [0.05, 0.1) is 10.6 Å². The second-order valence-corrected chi connectivity index (χ2v) is 6.49. The van der Waals surface area contributed by atoms with Crippen LogP contribution in [-0.2, 0) is 4.79 Å². The molecule has 1 saturated heterocycles. The van der Waals surface area contributed by atoms with Crippen molar-refractivity contribution in [3.05, 3.63) is 58.0 Å². The normalized spacial score (nSPS) is 17.8. The van der Waals surface area contributed by atoms with E-state index in [-0.39, 0.29) is 11.7 Å². The first kappa shape index (κ1) is 16.5. The number of para-hydroxylation sites is 1. The molecule has 1 amide bonds. The summed E-state index contributed by atoms with van der Waals surface area (Å²) in [5.74, 6) is -0.424. The highest BCUT2D eigenvalue weighted by Gasteiger charge is 2.24. The van der Waals surface area contributed by atoms with Crippen molar-refractivity contribution in [3.8, 4) is 5.69 Å². The van der Waals surface area contributed by atoms with Crippen molar-refractivity contribution < 1.29 is 9.18 Å². The summed E-state index contributed by atoms with van der Waals surface area (Å²) in [4.78, 5) is 16.9. The smallest absolute Gasteiger partial charge is 0.264 e. The lowest BCUT2D eigenvalue weighted by atomic mass is 10.2. The molecule has 6 heteroatoms. The number of aromatic nitrogens is 1. The summed E-state index contributed by atoms with van der Waals surface area (Å²) in [6, 6.07) is 8.63. The Morgan fingerprint density at radius 3 is 2.79 bits per heavy atom. The van der Waals surface area contributed by atoms with Gasteiger partial charge in [-0.15, -0.1) is 0 Å². The van der Waals surface area contributed by atoms with E-state index < -0.39 is 0 Å². The van der Waals surface area contributed by atoms with E-state index in [0.717, 1.165) is 17.0 Å². The number of benzene rings is 1. The summed E-state index contributed by atoms with van der Waals surface area (Å²) in [5.41, 5.74) is 3.20. The first-order chi connectivity index (χ1) is 11.5. The number of rotatable bonds is 3. The molecule has 124 valence electrons. The van der Waals surface area contributed by atoms with Crippen LogP contribution in [0, 0.1) is 19.7 Å². The Hall–Kier alpha value is -2.34. The van der Waals surface area contributed by atoms with Crippen molar-refractivity contribution in [1.82, 2.24) is 9.88 Å². The minimum absolute atomic E-state index is 0.150. The van der Waals surface area contributed by atoms with Crippen LogP contribution in [-0.4, -0.2) is 22.2 Å². The van der Waals surface area contributed by atoms with E-state index in [4.69, 9.17) is 0 Å². The lowest BCUT2D eigenvalue weighted by molar-refractivity contribution is -0.115. The van der Waals surface area contributed by atoms with E-state index in [1.54, 1.807) is 12.1 Å². The lowest BCUT2D eigenvalue weighted by Gasteiger charge is -2.10. The number of aryl methyl sites for hydroxylation is 1. The Morgan fingerprint density at radius 2 is 2.08 bits per heavy atom. The summed E-state index contributed by atoms with van der Waals surface area (Å²) in [5, 5.41) is 3.37. The number of amides is 1. The van der Waals surface area contributed by atoms with E-state index in [1.165, 1.54) is 17.8 Å². The number of hydrogen-bond acceptors (Lipinski definition) is 3. The van der Waals surface area contributed by atoms with Gasteiger partial charge in [0.1, 0.15) is 5.82 Å². The van der Waals surface area contributed by atoms with Gasteiger partial charge in [0, 0.05) is 17.9 Å². The topological polar surface area (TPSA) is 46.4 Å². The van der Waals surface area contributed by atoms with E-state index in [1.807, 2.05) is 43.5 Å². The van der Waals surface area contributed by atoms with Gasteiger partial charge in [0.2, 0.25) is 0 Å². The predicted molar refractivity (Wildman–Crippen MR) is 96.9 cm³/mol. The van der Waals surface area contributed by atoms with Gasteiger partial charge >= 0.3 is 0 Å². The molecule has 0 atom stereocenters. The van der Waals surface area contributed by atoms with Crippen LogP contribution >= 0.6 is 11.8 Å². The van der Waals surface area contributed by atoms with Crippen molar-refractivity contribution in [3.63, 3.8) is 0 Å². The van der Waals surface area contributed by atoms with Crippen molar-refractivity contribution in [2.24, 2.45) is 4.99 Å². The summed E-state index contributed by atoms with van der Waals surface area (Å²) in [6.07, 6.45) is 1.83. The van der Waals surface area contributed by atoms with Gasteiger partial charge < -0.3 is 9.88 Å². The van der Waals surface area contributed by atoms with Gasteiger partial charge in [0.25, 0.3) is 5.91 Å². The number of hydrogen-bond donors (Lipinski definition) is 1. The van der Waals surface area contributed by atoms with E-state index >= 15 is 0 Å². The molecule has 1 aliphatic rings. The van der Waals surface area contributed by atoms with Crippen molar-refractivity contribution in [2.45, 2.75) is 20.8 Å². The third-order valence-electron chi connectivity index (χ3n) is 3.80. The first-order valence-corrected chi connectivity index (χ1v) is 8.52. The summed E-state index contributed by atoms with van der Waals surface area (Å²) in [7, 11) is 0. The van der Waals surface area contributed by atoms with E-state index in [2.05, 4.69) is 10.3 Å². The Labute approximate surface area is 144 Å². The molecule has 3 rings (SSSR count). The summed E-state index contributed by atoms with van der Waals surface area (Å²) < 4.78 is 16.0. The highest BCUT2D eigenvalue weighted by molar-refractivity contribution is 8.18. The Bertz CT molecular complexity index is 867. The molecule has 24 heavy (non-hydrogen) atoms. The van der Waals surface area contributed by atoms with Crippen LogP contribution in [0.4, 0.5) is 4.39 Å². The molecule has 1 aromatic carbocycles. The number of nitrogens with zero attached hydrogens (tertiary/aromatic N) is 2. The third kappa shape index (κ3) is 3.01. The number of carbonyl (C=O) groups is 1. The fourth-order valence-corrected chi connectivity index (χ4v) is 3.60. The van der Waals surface area contributed by atoms with Crippen LogP contribution in [0.25, 0.3) is 11.8 Å². The molecule has 0 spiro atoms. The Balaban J connectivity index is 2.02. The van der Waals surface area contributed by atoms with Crippen molar-refractivity contribution in [1.29, 1.82) is 0 Å². The molecule has 2 aromatic rings. The maximum atomic E-state index is 14.1. The summed E-state index contributed by atoms with van der Waals surface area (Å²) in [6.45, 7) is 6.39. The second-order valence-electron chi connectivity index (χ2n) is 5.46. The van der Waals surface area contributed by atoms with Crippen LogP contribution in [0.3, 0.4) is 0 Å². The molecule has 0 saturated carbocycles. The number of aliphatic imine (C=N–C) groups is 1. The van der Waals surface area contributed by atoms with E-state index in [9.17, 15) is 9.18 Å². The minimum atomic E-state index is -0.274. The van der Waals surface area contributed by atoms with Gasteiger partial charge in [-0.1, -0.05) is 12.1 Å². The molecule has 0 bridgehead atoms. The van der Waals surface area contributed by atoms with Gasteiger partial charge in [-0.3, -0.25) is 9.79 Å². The molecule has 1 aliphatic heterocycles. The average molecular weight is 343 g/mol. The molecule has 0 radical (unpaired) electrons.